The third-order valence-corrected chi connectivity index (χ3v) is 19.4. The first-order valence-corrected chi connectivity index (χ1v) is 13.0. The van der Waals surface area contributed by atoms with Crippen molar-refractivity contribution in [3.8, 4) is 0 Å². The first-order chi connectivity index (χ1) is 7.07. The summed E-state index contributed by atoms with van der Waals surface area (Å²) in [4.78, 5) is 0. The number of hydrogen-bond donors (Lipinski definition) is 0. The van der Waals surface area contributed by atoms with Gasteiger partial charge >= 0.3 is 94.7 Å². The van der Waals surface area contributed by atoms with Crippen LogP contribution in [0.15, 0.2) is 18.2 Å². The molecule has 0 saturated carbocycles. The summed E-state index contributed by atoms with van der Waals surface area (Å²) >= 11 is -2.43. The SMILES string of the molecule is C[CH2][Sn]([CH2]C)([CH2]C)[c]1cc(F)cc(F)c1. The van der Waals surface area contributed by atoms with Crippen LogP contribution in [0.1, 0.15) is 20.8 Å². The van der Waals surface area contributed by atoms with Crippen LogP contribution in [0.5, 0.6) is 0 Å². The molecule has 84 valence electrons. The Bertz CT molecular complexity index is 304. The molecule has 1 aromatic rings. The van der Waals surface area contributed by atoms with Gasteiger partial charge in [0, 0.05) is 0 Å². The van der Waals surface area contributed by atoms with Crippen LogP contribution in [-0.4, -0.2) is 18.4 Å². The average molecular weight is 319 g/mol. The van der Waals surface area contributed by atoms with Gasteiger partial charge in [-0.15, -0.1) is 0 Å². The van der Waals surface area contributed by atoms with Crippen molar-refractivity contribution in [2.75, 3.05) is 0 Å². The summed E-state index contributed by atoms with van der Waals surface area (Å²) in [6, 6.07) is 4.06. The van der Waals surface area contributed by atoms with E-state index in [1.807, 2.05) is 0 Å². The standard InChI is InChI=1S/C6H3F2.3C2H5.Sn/c7-5-2-1-3-6(8)4-5;3*1-2;/h2-4H;3*1H2,2H3;. The summed E-state index contributed by atoms with van der Waals surface area (Å²) in [5.74, 6) is -0.858. The molecule has 0 fully saturated rings. The van der Waals surface area contributed by atoms with Gasteiger partial charge in [0.15, 0.2) is 0 Å². The molecule has 0 atom stereocenters. The van der Waals surface area contributed by atoms with Gasteiger partial charge in [0.2, 0.25) is 0 Å². The number of benzene rings is 1. The Labute approximate surface area is 94.6 Å². The molecule has 0 unspecified atom stereocenters. The van der Waals surface area contributed by atoms with Crippen LogP contribution in [0.25, 0.3) is 0 Å². The molecule has 0 aromatic heterocycles. The van der Waals surface area contributed by atoms with E-state index in [0.717, 1.165) is 23.0 Å². The molecule has 0 nitrogen and oxygen atoms in total. The van der Waals surface area contributed by atoms with Crippen LogP contribution < -0.4 is 3.58 Å². The summed E-state index contributed by atoms with van der Waals surface area (Å²) < 4.78 is 30.7. The van der Waals surface area contributed by atoms with E-state index in [1.165, 1.54) is 0 Å². The summed E-state index contributed by atoms with van der Waals surface area (Å²) in [5, 5.41) is 0. The fourth-order valence-corrected chi connectivity index (χ4v) is 12.5. The molecule has 0 bridgehead atoms. The Kier molecular flexibility index (Phi) is 4.56. The Hall–Kier alpha value is -0.121. The molecule has 0 spiro atoms. The summed E-state index contributed by atoms with van der Waals surface area (Å²) in [7, 11) is 0. The van der Waals surface area contributed by atoms with E-state index in [2.05, 4.69) is 20.8 Å². The quantitative estimate of drug-likeness (QED) is 0.743. The van der Waals surface area contributed by atoms with E-state index in [0.29, 0.717) is 0 Å². The van der Waals surface area contributed by atoms with Gasteiger partial charge in [-0.2, -0.15) is 0 Å². The molecule has 0 amide bonds. The van der Waals surface area contributed by atoms with Crippen molar-refractivity contribution in [3.05, 3.63) is 29.8 Å². The van der Waals surface area contributed by atoms with E-state index < -0.39 is 30.0 Å². The molecular formula is C12H18F2Sn. The van der Waals surface area contributed by atoms with Gasteiger partial charge in [-0.25, -0.2) is 0 Å². The van der Waals surface area contributed by atoms with Crippen molar-refractivity contribution in [2.45, 2.75) is 34.1 Å². The van der Waals surface area contributed by atoms with E-state index in [9.17, 15) is 8.78 Å². The normalized spacial score (nSPS) is 11.8. The van der Waals surface area contributed by atoms with Crippen LogP contribution in [0.3, 0.4) is 0 Å². The van der Waals surface area contributed by atoms with Gasteiger partial charge in [-0.05, 0) is 0 Å². The molecule has 0 N–H and O–H groups in total. The zero-order valence-corrected chi connectivity index (χ0v) is 12.5. The Morgan fingerprint density at radius 1 is 0.867 bits per heavy atom. The maximum atomic E-state index is 13.2. The van der Waals surface area contributed by atoms with E-state index >= 15 is 0 Å². The van der Waals surface area contributed by atoms with Crippen LogP contribution in [0, 0.1) is 11.6 Å². The monoisotopic (exact) mass is 320 g/mol. The van der Waals surface area contributed by atoms with Crippen molar-refractivity contribution in [2.24, 2.45) is 0 Å². The van der Waals surface area contributed by atoms with Gasteiger partial charge in [0.25, 0.3) is 0 Å². The molecule has 0 aliphatic rings. The minimum absolute atomic E-state index is 0.429. The summed E-state index contributed by atoms with van der Waals surface area (Å²) in [6.07, 6.45) is 0. The fraction of sp³-hybridized carbons (Fsp3) is 0.500. The van der Waals surface area contributed by atoms with Gasteiger partial charge in [0.05, 0.1) is 0 Å². The number of halogens is 2. The Balaban J connectivity index is 3.22. The molecular weight excluding hydrogens is 301 g/mol. The molecule has 1 rings (SSSR count). The van der Waals surface area contributed by atoms with Crippen molar-refractivity contribution < 1.29 is 8.78 Å². The van der Waals surface area contributed by atoms with Crippen LogP contribution >= 0.6 is 0 Å². The Morgan fingerprint density at radius 2 is 1.27 bits per heavy atom. The molecule has 0 aliphatic heterocycles. The molecule has 0 heterocycles. The van der Waals surface area contributed by atoms with Crippen LogP contribution in [0.2, 0.25) is 13.3 Å². The minimum atomic E-state index is -2.43. The van der Waals surface area contributed by atoms with Gasteiger partial charge in [-0.1, -0.05) is 0 Å². The number of rotatable bonds is 4. The Morgan fingerprint density at radius 3 is 1.60 bits per heavy atom. The van der Waals surface area contributed by atoms with E-state index in [-0.39, 0.29) is 0 Å². The van der Waals surface area contributed by atoms with Crippen LogP contribution in [0.4, 0.5) is 8.78 Å². The van der Waals surface area contributed by atoms with Crippen molar-refractivity contribution in [1.82, 2.24) is 0 Å². The van der Waals surface area contributed by atoms with Crippen molar-refractivity contribution in [1.29, 1.82) is 0 Å². The predicted octanol–water partition coefficient (Wildman–Crippen LogP) is 3.68. The first kappa shape index (κ1) is 12.9. The molecule has 3 heteroatoms. The first-order valence-electron chi connectivity index (χ1n) is 5.54. The van der Waals surface area contributed by atoms with Gasteiger partial charge in [0.1, 0.15) is 0 Å². The third kappa shape index (κ3) is 2.71. The second-order valence-corrected chi connectivity index (χ2v) is 19.0. The molecule has 0 saturated heterocycles. The third-order valence-electron chi connectivity index (χ3n) is 3.51. The molecule has 0 aliphatic carbocycles. The van der Waals surface area contributed by atoms with Gasteiger partial charge in [-0.3, -0.25) is 0 Å². The average Bonchev–Trinajstić information content (AvgIpc) is 2.20. The second kappa shape index (κ2) is 5.28. The van der Waals surface area contributed by atoms with E-state index in [4.69, 9.17) is 0 Å². The van der Waals surface area contributed by atoms with Crippen molar-refractivity contribution in [3.63, 3.8) is 0 Å². The predicted molar refractivity (Wildman–Crippen MR) is 63.2 cm³/mol. The topological polar surface area (TPSA) is 0 Å². The molecule has 1 aromatic carbocycles. The molecule has 15 heavy (non-hydrogen) atoms. The molecule has 0 radical (unpaired) electrons. The van der Waals surface area contributed by atoms with E-state index in [1.54, 1.807) is 12.1 Å². The second-order valence-electron chi connectivity index (χ2n) is 4.00. The zero-order chi connectivity index (χ0) is 11.5. The van der Waals surface area contributed by atoms with Crippen LogP contribution in [-0.2, 0) is 0 Å². The van der Waals surface area contributed by atoms with Crippen molar-refractivity contribution >= 4 is 22.0 Å². The fourth-order valence-electron chi connectivity index (χ4n) is 2.22. The maximum absolute atomic E-state index is 13.2. The zero-order valence-electron chi connectivity index (χ0n) is 9.61. The summed E-state index contributed by atoms with van der Waals surface area (Å²) in [5.41, 5.74) is 0. The van der Waals surface area contributed by atoms with Gasteiger partial charge < -0.3 is 0 Å². The number of hydrogen-bond acceptors (Lipinski definition) is 0. The summed E-state index contributed by atoms with van der Waals surface area (Å²) in [6.45, 7) is 6.48.